The summed E-state index contributed by atoms with van der Waals surface area (Å²) in [5, 5.41) is 0.935. The fourth-order valence-electron chi connectivity index (χ4n) is 3.16. The van der Waals surface area contributed by atoms with E-state index in [1.165, 1.54) is 42.7 Å². The Kier molecular flexibility index (Phi) is 5.28. The molecule has 0 bridgehead atoms. The third-order valence-corrected chi connectivity index (χ3v) is 4.86. The summed E-state index contributed by atoms with van der Waals surface area (Å²) in [5.41, 5.74) is 4.10. The van der Waals surface area contributed by atoms with E-state index >= 15 is 0 Å². The maximum Gasteiger partial charge on any atom is 0.0394 e. The fourth-order valence-corrected chi connectivity index (χ4v) is 3.51. The third-order valence-electron chi connectivity index (χ3n) is 4.22. The molecule has 1 heterocycles. The van der Waals surface area contributed by atoms with Crippen LogP contribution in [0.5, 0.6) is 0 Å². The van der Waals surface area contributed by atoms with Crippen molar-refractivity contribution in [2.24, 2.45) is 0 Å². The van der Waals surface area contributed by atoms with Gasteiger partial charge in [-0.25, -0.2) is 0 Å². The first-order valence-corrected chi connectivity index (χ1v) is 8.38. The van der Waals surface area contributed by atoms with Gasteiger partial charge in [-0.05, 0) is 50.0 Å². The molecule has 1 fully saturated rings. The molecule has 0 radical (unpaired) electrons. The van der Waals surface area contributed by atoms with Crippen LogP contribution in [0.1, 0.15) is 30.9 Å². The molecule has 1 aliphatic heterocycles. The van der Waals surface area contributed by atoms with Crippen LogP contribution in [-0.4, -0.2) is 37.6 Å². The highest BCUT2D eigenvalue weighted by atomic mass is 79.9. The number of likely N-dealkylation sites (tertiary alicyclic amines) is 1. The highest BCUT2D eigenvalue weighted by Crippen LogP contribution is 2.24. The highest BCUT2D eigenvalue weighted by molar-refractivity contribution is 9.08. The first-order chi connectivity index (χ1) is 9.15. The molecule has 1 unspecified atom stereocenters. The van der Waals surface area contributed by atoms with E-state index in [0.717, 1.165) is 17.9 Å². The van der Waals surface area contributed by atoms with Crippen LogP contribution in [0.3, 0.4) is 0 Å². The van der Waals surface area contributed by atoms with Crippen LogP contribution >= 0.6 is 15.9 Å². The number of likely N-dealkylation sites (N-methyl/N-ethyl adjacent to an activating group) is 2. The number of benzene rings is 1. The Labute approximate surface area is 125 Å². The molecule has 106 valence electrons. The standard InChI is InChI=1S/C16H25BrN2/c1-4-19-9-5-6-15(19)12-18(3)16-8-7-14(11-17)10-13(16)2/h7-8,10,15H,4-6,9,11-12H2,1-3H3. The van der Waals surface area contributed by atoms with E-state index in [-0.39, 0.29) is 0 Å². The van der Waals surface area contributed by atoms with Crippen LogP contribution in [0.15, 0.2) is 18.2 Å². The average Bonchev–Trinajstić information content (AvgIpc) is 2.85. The van der Waals surface area contributed by atoms with Crippen LogP contribution in [0.2, 0.25) is 0 Å². The van der Waals surface area contributed by atoms with Gasteiger partial charge in [-0.3, -0.25) is 4.90 Å². The smallest absolute Gasteiger partial charge is 0.0394 e. The van der Waals surface area contributed by atoms with Crippen molar-refractivity contribution in [2.45, 2.75) is 38.1 Å². The molecule has 1 saturated heterocycles. The van der Waals surface area contributed by atoms with Gasteiger partial charge in [0, 0.05) is 30.7 Å². The van der Waals surface area contributed by atoms with Crippen molar-refractivity contribution in [3.8, 4) is 0 Å². The van der Waals surface area contributed by atoms with Gasteiger partial charge >= 0.3 is 0 Å². The molecule has 0 saturated carbocycles. The van der Waals surface area contributed by atoms with Crippen molar-refractivity contribution in [2.75, 3.05) is 31.6 Å². The second kappa shape index (κ2) is 6.76. The number of halogens is 1. The molecular formula is C16H25BrN2. The highest BCUT2D eigenvalue weighted by Gasteiger charge is 2.24. The summed E-state index contributed by atoms with van der Waals surface area (Å²) >= 11 is 3.52. The SMILES string of the molecule is CCN1CCCC1CN(C)c1ccc(CBr)cc1C. The molecule has 0 amide bonds. The van der Waals surface area contributed by atoms with Crippen LogP contribution in [0.4, 0.5) is 5.69 Å². The fraction of sp³-hybridized carbons (Fsp3) is 0.625. The Balaban J connectivity index is 2.05. The molecule has 0 aliphatic carbocycles. The number of hydrogen-bond donors (Lipinski definition) is 0. The van der Waals surface area contributed by atoms with Gasteiger partial charge in [-0.1, -0.05) is 35.0 Å². The minimum Gasteiger partial charge on any atom is -0.373 e. The van der Waals surface area contributed by atoms with Gasteiger partial charge in [0.05, 0.1) is 0 Å². The van der Waals surface area contributed by atoms with Crippen molar-refractivity contribution in [3.05, 3.63) is 29.3 Å². The second-order valence-corrected chi connectivity index (χ2v) is 6.12. The first kappa shape index (κ1) is 14.9. The lowest BCUT2D eigenvalue weighted by Gasteiger charge is -2.30. The van der Waals surface area contributed by atoms with E-state index in [2.05, 4.69) is 64.8 Å². The van der Waals surface area contributed by atoms with Crippen molar-refractivity contribution in [3.63, 3.8) is 0 Å². The second-order valence-electron chi connectivity index (χ2n) is 5.56. The van der Waals surface area contributed by atoms with Gasteiger partial charge in [0.2, 0.25) is 0 Å². The number of hydrogen-bond acceptors (Lipinski definition) is 2. The van der Waals surface area contributed by atoms with Crippen LogP contribution in [-0.2, 0) is 5.33 Å². The monoisotopic (exact) mass is 324 g/mol. The molecule has 3 heteroatoms. The summed E-state index contributed by atoms with van der Waals surface area (Å²) in [7, 11) is 2.22. The van der Waals surface area contributed by atoms with Gasteiger partial charge in [0.15, 0.2) is 0 Å². The summed E-state index contributed by atoms with van der Waals surface area (Å²) in [6.07, 6.45) is 2.70. The van der Waals surface area contributed by atoms with Crippen LogP contribution < -0.4 is 4.90 Å². The maximum absolute atomic E-state index is 3.52. The summed E-state index contributed by atoms with van der Waals surface area (Å²) < 4.78 is 0. The summed E-state index contributed by atoms with van der Waals surface area (Å²) in [5.74, 6) is 0. The Hall–Kier alpha value is -0.540. The van der Waals surface area contributed by atoms with E-state index in [1.807, 2.05) is 0 Å². The van der Waals surface area contributed by atoms with E-state index < -0.39 is 0 Å². The molecular weight excluding hydrogens is 300 g/mol. The molecule has 1 aromatic rings. The summed E-state index contributed by atoms with van der Waals surface area (Å²) in [6, 6.07) is 7.49. The Bertz CT molecular complexity index is 419. The number of aryl methyl sites for hydroxylation is 1. The number of rotatable bonds is 5. The van der Waals surface area contributed by atoms with Crippen molar-refractivity contribution >= 4 is 21.6 Å². The van der Waals surface area contributed by atoms with Crippen molar-refractivity contribution in [1.82, 2.24) is 4.90 Å². The molecule has 19 heavy (non-hydrogen) atoms. The van der Waals surface area contributed by atoms with Gasteiger partial charge < -0.3 is 4.90 Å². The van der Waals surface area contributed by atoms with Gasteiger partial charge in [-0.2, -0.15) is 0 Å². The zero-order chi connectivity index (χ0) is 13.8. The van der Waals surface area contributed by atoms with E-state index in [4.69, 9.17) is 0 Å². The predicted octanol–water partition coefficient (Wildman–Crippen LogP) is 3.81. The largest absolute Gasteiger partial charge is 0.373 e. The quantitative estimate of drug-likeness (QED) is 0.760. The van der Waals surface area contributed by atoms with Crippen LogP contribution in [0, 0.1) is 6.92 Å². The van der Waals surface area contributed by atoms with Gasteiger partial charge in [0.25, 0.3) is 0 Å². The molecule has 1 aromatic carbocycles. The molecule has 0 spiro atoms. The molecule has 2 nitrogen and oxygen atoms in total. The van der Waals surface area contributed by atoms with Crippen molar-refractivity contribution in [1.29, 1.82) is 0 Å². The third kappa shape index (κ3) is 3.51. The molecule has 1 aliphatic rings. The maximum atomic E-state index is 3.52. The van der Waals surface area contributed by atoms with Gasteiger partial charge in [0.1, 0.15) is 0 Å². The van der Waals surface area contributed by atoms with E-state index in [0.29, 0.717) is 0 Å². The molecule has 0 aromatic heterocycles. The molecule has 1 atom stereocenters. The predicted molar refractivity (Wildman–Crippen MR) is 87.3 cm³/mol. The summed E-state index contributed by atoms with van der Waals surface area (Å²) in [4.78, 5) is 5.03. The zero-order valence-corrected chi connectivity index (χ0v) is 13.9. The molecule has 2 rings (SSSR count). The first-order valence-electron chi connectivity index (χ1n) is 7.26. The average molecular weight is 325 g/mol. The summed E-state index contributed by atoms with van der Waals surface area (Å²) in [6.45, 7) is 8.08. The lowest BCUT2D eigenvalue weighted by molar-refractivity contribution is 0.270. The van der Waals surface area contributed by atoms with Crippen molar-refractivity contribution < 1.29 is 0 Å². The number of anilines is 1. The normalized spacial score (nSPS) is 19.9. The minimum absolute atomic E-state index is 0.727. The van der Waals surface area contributed by atoms with E-state index in [1.54, 1.807) is 0 Å². The minimum atomic E-state index is 0.727. The lowest BCUT2D eigenvalue weighted by atomic mass is 10.1. The Morgan fingerprint density at radius 2 is 2.21 bits per heavy atom. The lowest BCUT2D eigenvalue weighted by Crippen LogP contribution is -2.38. The topological polar surface area (TPSA) is 6.48 Å². The van der Waals surface area contributed by atoms with E-state index in [9.17, 15) is 0 Å². The van der Waals surface area contributed by atoms with Gasteiger partial charge in [-0.15, -0.1) is 0 Å². The number of alkyl halides is 1. The van der Waals surface area contributed by atoms with Crippen LogP contribution in [0.25, 0.3) is 0 Å². The number of nitrogens with zero attached hydrogens (tertiary/aromatic N) is 2. The zero-order valence-electron chi connectivity index (χ0n) is 12.3. The Morgan fingerprint density at radius 1 is 1.42 bits per heavy atom. The molecule has 0 N–H and O–H groups in total. The Morgan fingerprint density at radius 3 is 2.84 bits per heavy atom.